The highest BCUT2D eigenvalue weighted by atomic mass is 16.7. The second-order valence-electron chi connectivity index (χ2n) is 5.56. The second-order valence-corrected chi connectivity index (χ2v) is 5.56. The van der Waals surface area contributed by atoms with Crippen molar-refractivity contribution in [2.45, 2.75) is 38.3 Å². The molecule has 2 aliphatic heterocycles. The number of nitrogens with zero attached hydrogens (tertiary/aromatic N) is 2. The van der Waals surface area contributed by atoms with Gasteiger partial charge >= 0.3 is 0 Å². The third kappa shape index (κ3) is 3.58. The van der Waals surface area contributed by atoms with Crippen LogP contribution in [0.15, 0.2) is 35.3 Å². The van der Waals surface area contributed by atoms with Crippen LogP contribution >= 0.6 is 0 Å². The van der Waals surface area contributed by atoms with Crippen LogP contribution < -0.4 is 5.48 Å². The normalized spacial score (nSPS) is 23.4. The molecule has 0 amide bonds. The van der Waals surface area contributed by atoms with Crippen LogP contribution in [-0.4, -0.2) is 30.4 Å². The van der Waals surface area contributed by atoms with Crippen molar-refractivity contribution in [1.82, 2.24) is 10.4 Å². The molecule has 1 aromatic carbocycles. The van der Waals surface area contributed by atoms with Gasteiger partial charge in [0.1, 0.15) is 0 Å². The quantitative estimate of drug-likeness (QED) is 0.896. The Hall–Kier alpha value is -1.39. The molecule has 1 unspecified atom stereocenters. The number of benzene rings is 1. The average Bonchev–Trinajstić information content (AvgIpc) is 2.98. The first-order valence-electron chi connectivity index (χ1n) is 7.68. The minimum absolute atomic E-state index is 0.0406. The predicted molar refractivity (Wildman–Crippen MR) is 80.4 cm³/mol. The maximum Gasteiger partial charge on any atom is 0.211 e. The summed E-state index contributed by atoms with van der Waals surface area (Å²) in [4.78, 5) is 12.7. The number of rotatable bonds is 5. The van der Waals surface area contributed by atoms with E-state index < -0.39 is 0 Å². The fraction of sp³-hybridized carbons (Fsp3) is 0.562. The lowest BCUT2D eigenvalue weighted by molar-refractivity contribution is 0.172. The van der Waals surface area contributed by atoms with Crippen molar-refractivity contribution >= 4 is 5.90 Å². The lowest BCUT2D eigenvalue weighted by Crippen LogP contribution is -2.30. The number of nitrogens with one attached hydrogen (secondary N) is 1. The Morgan fingerprint density at radius 2 is 1.95 bits per heavy atom. The Kier molecular flexibility index (Phi) is 4.66. The van der Waals surface area contributed by atoms with Gasteiger partial charge in [-0.05, 0) is 44.5 Å². The summed E-state index contributed by atoms with van der Waals surface area (Å²) >= 11 is 0. The monoisotopic (exact) mass is 273 g/mol. The highest BCUT2D eigenvalue weighted by Crippen LogP contribution is 2.20. The number of aliphatic imine (C=N–C) groups is 1. The molecular formula is C16H23N3O. The van der Waals surface area contributed by atoms with E-state index in [0.717, 1.165) is 24.3 Å². The molecule has 2 aliphatic rings. The zero-order valence-corrected chi connectivity index (χ0v) is 11.9. The van der Waals surface area contributed by atoms with Gasteiger partial charge in [0.05, 0.1) is 0 Å². The number of hydrogen-bond donors (Lipinski definition) is 1. The highest BCUT2D eigenvalue weighted by molar-refractivity contribution is 5.77. The van der Waals surface area contributed by atoms with E-state index in [2.05, 4.69) is 27.5 Å². The fourth-order valence-corrected chi connectivity index (χ4v) is 2.85. The first-order valence-corrected chi connectivity index (χ1v) is 7.68. The molecule has 0 bridgehead atoms. The number of piperidine rings is 1. The van der Waals surface area contributed by atoms with E-state index in [0.29, 0.717) is 0 Å². The molecule has 4 heteroatoms. The van der Waals surface area contributed by atoms with Gasteiger partial charge in [0.25, 0.3) is 0 Å². The topological polar surface area (TPSA) is 36.9 Å². The number of likely N-dealkylation sites (tertiary alicyclic amines) is 1. The Morgan fingerprint density at radius 3 is 2.75 bits per heavy atom. The van der Waals surface area contributed by atoms with Gasteiger partial charge in [-0.15, -0.1) is 5.48 Å². The molecule has 3 rings (SSSR count). The maximum absolute atomic E-state index is 5.49. The van der Waals surface area contributed by atoms with Gasteiger partial charge in [-0.2, -0.15) is 0 Å². The van der Waals surface area contributed by atoms with Crippen LogP contribution in [0.4, 0.5) is 0 Å². The summed E-state index contributed by atoms with van der Waals surface area (Å²) in [6.45, 7) is 3.69. The van der Waals surface area contributed by atoms with Crippen LogP contribution in [0.5, 0.6) is 0 Å². The zero-order valence-electron chi connectivity index (χ0n) is 11.9. The molecule has 4 nitrogen and oxygen atoms in total. The Morgan fingerprint density at radius 1 is 1.15 bits per heavy atom. The first-order chi connectivity index (χ1) is 9.92. The van der Waals surface area contributed by atoms with Crippen molar-refractivity contribution in [3.8, 4) is 0 Å². The van der Waals surface area contributed by atoms with Crippen LogP contribution in [-0.2, 0) is 4.84 Å². The number of hydroxylamine groups is 1. The minimum Gasteiger partial charge on any atom is -0.391 e. The Labute approximate surface area is 120 Å². The van der Waals surface area contributed by atoms with Gasteiger partial charge in [0.2, 0.25) is 5.90 Å². The summed E-state index contributed by atoms with van der Waals surface area (Å²) in [5.74, 6) is 0.843. The standard InChI is InChI=1S/C16H23N3O/c1-3-8-14(9-4-1)16-17-15(20-18-16)10-7-13-19-11-5-2-6-12-19/h1,3-4,8-9,16,18H,2,5-7,10-13H2. The molecule has 1 atom stereocenters. The van der Waals surface area contributed by atoms with Gasteiger partial charge in [0.15, 0.2) is 6.17 Å². The summed E-state index contributed by atoms with van der Waals surface area (Å²) in [6, 6.07) is 10.2. The van der Waals surface area contributed by atoms with Crippen molar-refractivity contribution in [2.24, 2.45) is 4.99 Å². The van der Waals surface area contributed by atoms with Crippen molar-refractivity contribution in [3.05, 3.63) is 35.9 Å². The molecule has 1 fully saturated rings. The second kappa shape index (κ2) is 6.86. The molecule has 108 valence electrons. The smallest absolute Gasteiger partial charge is 0.211 e. The third-order valence-electron chi connectivity index (χ3n) is 3.99. The summed E-state index contributed by atoms with van der Waals surface area (Å²) in [5.41, 5.74) is 4.15. The van der Waals surface area contributed by atoms with E-state index in [1.807, 2.05) is 18.2 Å². The molecule has 0 radical (unpaired) electrons. The van der Waals surface area contributed by atoms with Crippen LogP contribution in [0.25, 0.3) is 0 Å². The SMILES string of the molecule is c1ccc(C2N=C(CCCN3CCCCC3)ON2)cc1. The molecule has 2 heterocycles. The van der Waals surface area contributed by atoms with Crippen molar-refractivity contribution < 1.29 is 4.84 Å². The lowest BCUT2D eigenvalue weighted by Gasteiger charge is -2.26. The van der Waals surface area contributed by atoms with E-state index in [1.165, 1.54) is 38.9 Å². The summed E-state index contributed by atoms with van der Waals surface area (Å²) in [5, 5.41) is 0. The lowest BCUT2D eigenvalue weighted by atomic mass is 10.1. The van der Waals surface area contributed by atoms with E-state index in [9.17, 15) is 0 Å². The first kappa shape index (κ1) is 13.6. The molecule has 1 N–H and O–H groups in total. The fourth-order valence-electron chi connectivity index (χ4n) is 2.85. The average molecular weight is 273 g/mol. The molecular weight excluding hydrogens is 250 g/mol. The van der Waals surface area contributed by atoms with E-state index >= 15 is 0 Å². The van der Waals surface area contributed by atoms with Crippen LogP contribution in [0.3, 0.4) is 0 Å². The van der Waals surface area contributed by atoms with Gasteiger partial charge in [0, 0.05) is 6.42 Å². The van der Waals surface area contributed by atoms with E-state index in [4.69, 9.17) is 4.84 Å². The van der Waals surface area contributed by atoms with Gasteiger partial charge in [-0.25, -0.2) is 4.99 Å². The van der Waals surface area contributed by atoms with Crippen molar-refractivity contribution in [3.63, 3.8) is 0 Å². The Balaban J connectivity index is 1.44. The van der Waals surface area contributed by atoms with Crippen molar-refractivity contribution in [1.29, 1.82) is 0 Å². The van der Waals surface area contributed by atoms with Crippen LogP contribution in [0, 0.1) is 0 Å². The van der Waals surface area contributed by atoms with E-state index in [-0.39, 0.29) is 6.17 Å². The molecule has 0 saturated carbocycles. The van der Waals surface area contributed by atoms with Gasteiger partial charge in [-0.1, -0.05) is 36.8 Å². The molecule has 0 aliphatic carbocycles. The van der Waals surface area contributed by atoms with Crippen LogP contribution in [0.1, 0.15) is 43.8 Å². The van der Waals surface area contributed by atoms with E-state index in [1.54, 1.807) is 0 Å². The zero-order chi connectivity index (χ0) is 13.6. The largest absolute Gasteiger partial charge is 0.391 e. The van der Waals surface area contributed by atoms with Gasteiger partial charge in [-0.3, -0.25) is 0 Å². The van der Waals surface area contributed by atoms with Crippen LogP contribution in [0.2, 0.25) is 0 Å². The summed E-state index contributed by atoms with van der Waals surface area (Å²) in [7, 11) is 0. The predicted octanol–water partition coefficient (Wildman–Crippen LogP) is 2.88. The summed E-state index contributed by atoms with van der Waals surface area (Å²) < 4.78 is 0. The Bertz CT molecular complexity index is 440. The molecule has 20 heavy (non-hydrogen) atoms. The molecule has 1 aromatic rings. The third-order valence-corrected chi connectivity index (χ3v) is 3.99. The molecule has 0 aromatic heterocycles. The number of hydrogen-bond acceptors (Lipinski definition) is 4. The van der Waals surface area contributed by atoms with Crippen molar-refractivity contribution in [2.75, 3.05) is 19.6 Å². The summed E-state index contributed by atoms with van der Waals surface area (Å²) in [6.07, 6.45) is 6.12. The van der Waals surface area contributed by atoms with Gasteiger partial charge < -0.3 is 9.74 Å². The molecule has 0 spiro atoms. The minimum atomic E-state index is -0.0406. The highest BCUT2D eigenvalue weighted by Gasteiger charge is 2.19. The maximum atomic E-state index is 5.49. The molecule has 1 saturated heterocycles.